The molecule has 0 aliphatic carbocycles. The van der Waals surface area contributed by atoms with Crippen molar-refractivity contribution < 1.29 is 27.9 Å². The lowest BCUT2D eigenvalue weighted by Crippen LogP contribution is -2.70. The van der Waals surface area contributed by atoms with Crippen molar-refractivity contribution >= 4 is 18.2 Å². The summed E-state index contributed by atoms with van der Waals surface area (Å²) < 4.78 is 38.2. The van der Waals surface area contributed by atoms with Crippen LogP contribution in [0.1, 0.15) is 12.0 Å². The van der Waals surface area contributed by atoms with E-state index in [2.05, 4.69) is 10.3 Å². The largest absolute Gasteiger partial charge is 0.465 e. The summed E-state index contributed by atoms with van der Waals surface area (Å²) in [4.78, 5) is 30.3. The van der Waals surface area contributed by atoms with Crippen LogP contribution in [-0.4, -0.2) is 59.7 Å². The van der Waals surface area contributed by atoms with Crippen LogP contribution >= 0.6 is 0 Å². The fourth-order valence-corrected chi connectivity index (χ4v) is 3.61. The molecule has 0 bridgehead atoms. The van der Waals surface area contributed by atoms with Crippen LogP contribution in [-0.2, 0) is 11.0 Å². The van der Waals surface area contributed by atoms with Gasteiger partial charge in [-0.2, -0.15) is 13.2 Å². The summed E-state index contributed by atoms with van der Waals surface area (Å²) in [6.07, 6.45) is -3.29. The highest BCUT2D eigenvalue weighted by molar-refractivity contribution is 5.69. The Hall–Kier alpha value is -3.14. The Morgan fingerprint density at radius 2 is 1.87 bits per heavy atom. The predicted molar refractivity (Wildman–Crippen MR) is 104 cm³/mol. The van der Waals surface area contributed by atoms with Crippen LogP contribution in [0.3, 0.4) is 0 Å². The molecule has 1 aromatic heterocycles. The Bertz CT molecular complexity index is 903. The third kappa shape index (κ3) is 4.23. The Balaban J connectivity index is 1.80. The third-order valence-corrected chi connectivity index (χ3v) is 5.30. The van der Waals surface area contributed by atoms with Gasteiger partial charge in [-0.05, 0) is 36.9 Å². The quantitative estimate of drug-likeness (QED) is 0.721. The number of halogens is 3. The van der Waals surface area contributed by atoms with E-state index < -0.39 is 23.5 Å². The summed E-state index contributed by atoms with van der Waals surface area (Å²) in [5.41, 5.74) is -0.530. The zero-order chi connectivity index (χ0) is 21.9. The van der Waals surface area contributed by atoms with E-state index in [9.17, 15) is 27.9 Å². The van der Waals surface area contributed by atoms with Crippen molar-refractivity contribution in [1.82, 2.24) is 15.2 Å². The van der Waals surface area contributed by atoms with Crippen LogP contribution in [0.5, 0.6) is 0 Å². The lowest BCUT2D eigenvalue weighted by Gasteiger charge is -2.49. The van der Waals surface area contributed by atoms with Gasteiger partial charge in [0.05, 0.1) is 12.1 Å². The molecule has 1 aromatic carbocycles. The molecule has 3 rings (SSSR count). The first kappa shape index (κ1) is 21.6. The highest BCUT2D eigenvalue weighted by atomic mass is 19.4. The Labute approximate surface area is 171 Å². The Kier molecular flexibility index (Phi) is 5.97. The molecule has 1 saturated heterocycles. The molecule has 0 spiro atoms. The van der Waals surface area contributed by atoms with Gasteiger partial charge in [0.2, 0.25) is 0 Å². The van der Waals surface area contributed by atoms with Crippen molar-refractivity contribution in [1.29, 1.82) is 0 Å². The fourth-order valence-electron chi connectivity index (χ4n) is 3.61. The molecule has 1 atom stereocenters. The number of benzene rings is 1. The first-order chi connectivity index (χ1) is 14.2. The van der Waals surface area contributed by atoms with E-state index in [1.807, 2.05) is 4.90 Å². The molecule has 0 radical (unpaired) electrons. The number of aldehydes is 1. The van der Waals surface area contributed by atoms with Crippen molar-refractivity contribution in [3.05, 3.63) is 48.2 Å². The molecule has 0 saturated carbocycles. The number of pyridine rings is 1. The maximum Gasteiger partial charge on any atom is 0.416 e. The minimum atomic E-state index is -4.39. The second-order valence-electron chi connectivity index (χ2n) is 6.99. The zero-order valence-corrected chi connectivity index (χ0v) is 16.2. The number of piperazine rings is 1. The minimum absolute atomic E-state index is 0.0179. The lowest BCUT2D eigenvalue weighted by molar-refractivity contribution is -0.137. The third-order valence-electron chi connectivity index (χ3n) is 5.30. The van der Waals surface area contributed by atoms with Crippen molar-refractivity contribution in [3.8, 4) is 11.1 Å². The molecule has 2 N–H and O–H groups in total. The molecule has 1 aliphatic heterocycles. The van der Waals surface area contributed by atoms with E-state index in [4.69, 9.17) is 0 Å². The summed E-state index contributed by atoms with van der Waals surface area (Å²) in [5.74, 6) is 0.584. The summed E-state index contributed by atoms with van der Waals surface area (Å²) in [6, 6.07) is 8.30. The average molecular weight is 422 g/mol. The molecule has 10 heteroatoms. The number of rotatable bonds is 5. The molecule has 1 aliphatic rings. The normalized spacial score (nSPS) is 19.6. The number of nitrogens with zero attached hydrogens (tertiary/aromatic N) is 3. The molecule has 1 fully saturated rings. The van der Waals surface area contributed by atoms with Gasteiger partial charge in [0.15, 0.2) is 0 Å². The number of carbonyl (C=O) groups excluding carboxylic acids is 1. The number of hydrogen-bond acceptors (Lipinski definition) is 5. The van der Waals surface area contributed by atoms with Gasteiger partial charge in [0.25, 0.3) is 0 Å². The average Bonchev–Trinajstić information content (AvgIpc) is 2.73. The first-order valence-corrected chi connectivity index (χ1v) is 9.22. The van der Waals surface area contributed by atoms with Gasteiger partial charge in [0, 0.05) is 31.3 Å². The highest BCUT2D eigenvalue weighted by Gasteiger charge is 2.43. The smallest absolute Gasteiger partial charge is 0.416 e. The summed E-state index contributed by atoms with van der Waals surface area (Å²) in [6.45, 7) is 0.800. The number of aromatic nitrogens is 1. The lowest BCUT2D eigenvalue weighted by atomic mass is 10.0. The highest BCUT2D eigenvalue weighted by Crippen LogP contribution is 2.31. The Morgan fingerprint density at radius 3 is 2.37 bits per heavy atom. The van der Waals surface area contributed by atoms with Gasteiger partial charge < -0.3 is 14.8 Å². The number of alkyl halides is 3. The van der Waals surface area contributed by atoms with Crippen LogP contribution in [0.15, 0.2) is 42.6 Å². The van der Waals surface area contributed by atoms with Gasteiger partial charge in [-0.3, -0.25) is 10.2 Å². The second-order valence-corrected chi connectivity index (χ2v) is 6.99. The molecule has 1 unspecified atom stereocenters. The number of carbonyl (C=O) groups is 2. The number of amides is 1. The van der Waals surface area contributed by atoms with E-state index in [1.54, 1.807) is 25.4 Å². The summed E-state index contributed by atoms with van der Waals surface area (Å²) in [7, 11) is 1.60. The van der Waals surface area contributed by atoms with E-state index >= 15 is 0 Å². The molecule has 7 nitrogen and oxygen atoms in total. The SMILES string of the molecule is CNC1(CC=O)CN(c2ccc(-c3ccc(C(F)(F)F)cc3)cn2)CCN1C(=O)O. The van der Waals surface area contributed by atoms with Crippen LogP contribution in [0.2, 0.25) is 0 Å². The van der Waals surface area contributed by atoms with E-state index in [0.717, 1.165) is 12.1 Å². The molecule has 2 aromatic rings. The second kappa shape index (κ2) is 8.31. The van der Waals surface area contributed by atoms with Crippen molar-refractivity contribution in [3.63, 3.8) is 0 Å². The summed E-state index contributed by atoms with van der Waals surface area (Å²) >= 11 is 0. The van der Waals surface area contributed by atoms with E-state index in [0.29, 0.717) is 29.8 Å². The van der Waals surface area contributed by atoms with Crippen molar-refractivity contribution in [2.75, 3.05) is 31.6 Å². The standard InChI is InChI=1S/C20H21F3N4O3/c1-24-19(8-11-28)13-26(9-10-27(19)18(29)30)17-7-4-15(12-25-17)14-2-5-16(6-3-14)20(21,22)23/h2-7,11-12,24H,8-10,13H2,1H3,(H,29,30). The van der Waals surface area contributed by atoms with Gasteiger partial charge in [-0.25, -0.2) is 9.78 Å². The number of anilines is 1. The van der Waals surface area contributed by atoms with Crippen molar-refractivity contribution in [2.24, 2.45) is 0 Å². The van der Waals surface area contributed by atoms with Gasteiger partial charge in [-0.15, -0.1) is 0 Å². The van der Waals surface area contributed by atoms with Gasteiger partial charge in [-0.1, -0.05) is 12.1 Å². The van der Waals surface area contributed by atoms with Crippen LogP contribution in [0, 0.1) is 0 Å². The van der Waals surface area contributed by atoms with Crippen LogP contribution in [0.25, 0.3) is 11.1 Å². The van der Waals surface area contributed by atoms with Crippen LogP contribution < -0.4 is 10.2 Å². The maximum atomic E-state index is 12.7. The zero-order valence-electron chi connectivity index (χ0n) is 16.2. The molecule has 160 valence electrons. The molecular weight excluding hydrogens is 401 g/mol. The topological polar surface area (TPSA) is 85.8 Å². The predicted octanol–water partition coefficient (Wildman–Crippen LogP) is 3.07. The van der Waals surface area contributed by atoms with Gasteiger partial charge in [0.1, 0.15) is 17.8 Å². The monoisotopic (exact) mass is 422 g/mol. The number of carboxylic acid groups (broad SMARTS) is 1. The van der Waals surface area contributed by atoms with Crippen LogP contribution in [0.4, 0.5) is 23.8 Å². The Morgan fingerprint density at radius 1 is 1.20 bits per heavy atom. The maximum absolute atomic E-state index is 12.7. The molecule has 30 heavy (non-hydrogen) atoms. The van der Waals surface area contributed by atoms with Crippen molar-refractivity contribution in [2.45, 2.75) is 18.3 Å². The van der Waals surface area contributed by atoms with Gasteiger partial charge >= 0.3 is 12.3 Å². The first-order valence-electron chi connectivity index (χ1n) is 9.22. The van der Waals surface area contributed by atoms with E-state index in [-0.39, 0.29) is 19.5 Å². The molecular formula is C20H21F3N4O3. The fraction of sp³-hybridized carbons (Fsp3) is 0.350. The van der Waals surface area contributed by atoms with E-state index in [1.165, 1.54) is 17.0 Å². The molecule has 1 amide bonds. The number of likely N-dealkylation sites (N-methyl/N-ethyl adjacent to an activating group) is 1. The minimum Gasteiger partial charge on any atom is -0.465 e. The molecule has 2 heterocycles. The number of nitrogens with one attached hydrogen (secondary N) is 1. The number of hydrogen-bond donors (Lipinski definition) is 2. The summed E-state index contributed by atoms with van der Waals surface area (Å²) in [5, 5.41) is 12.4.